The van der Waals surface area contributed by atoms with Crippen LogP contribution in [0.5, 0.6) is 0 Å². The molecule has 0 fully saturated rings. The molecule has 0 heterocycles. The average molecular weight is 253 g/mol. The van der Waals surface area contributed by atoms with Crippen molar-refractivity contribution in [1.82, 2.24) is 0 Å². The van der Waals surface area contributed by atoms with Gasteiger partial charge in [0.05, 0.1) is 0 Å². The van der Waals surface area contributed by atoms with Crippen LogP contribution in [0.1, 0.15) is 26.3 Å². The maximum absolute atomic E-state index is 6.42. The molecule has 0 saturated carbocycles. The van der Waals surface area contributed by atoms with Crippen molar-refractivity contribution in [3.63, 3.8) is 0 Å². The molecule has 1 nitrogen and oxygen atoms in total. The van der Waals surface area contributed by atoms with Crippen LogP contribution < -0.4 is 5.19 Å². The van der Waals surface area contributed by atoms with Crippen molar-refractivity contribution in [2.24, 2.45) is 0 Å². The summed E-state index contributed by atoms with van der Waals surface area (Å²) in [4.78, 5) is 0. The highest BCUT2D eigenvalue weighted by Gasteiger charge is 2.27. The summed E-state index contributed by atoms with van der Waals surface area (Å²) in [5, 5.41) is 1.48. The van der Waals surface area contributed by atoms with Gasteiger partial charge in [-0.15, -0.1) is 0 Å². The third-order valence-corrected chi connectivity index (χ3v) is 11.7. The molecule has 0 saturated heterocycles. The zero-order valence-electron chi connectivity index (χ0n) is 11.0. The van der Waals surface area contributed by atoms with Gasteiger partial charge in [0.15, 0.2) is 18.1 Å². The van der Waals surface area contributed by atoms with Gasteiger partial charge >= 0.3 is 0 Å². The van der Waals surface area contributed by atoms with Crippen LogP contribution in [0.3, 0.4) is 0 Å². The van der Waals surface area contributed by atoms with Gasteiger partial charge in [0.25, 0.3) is 0 Å². The van der Waals surface area contributed by atoms with Crippen LogP contribution in [0.15, 0.2) is 24.3 Å². The Labute approximate surface area is 103 Å². The lowest BCUT2D eigenvalue weighted by molar-refractivity contribution is 0.576. The van der Waals surface area contributed by atoms with Gasteiger partial charge in [-0.25, -0.2) is 0 Å². The molecule has 16 heavy (non-hydrogen) atoms. The molecule has 1 aromatic rings. The minimum absolute atomic E-state index is 0.516. The predicted molar refractivity (Wildman–Crippen MR) is 77.6 cm³/mol. The second-order valence-corrected chi connectivity index (χ2v) is 11.2. The zero-order chi connectivity index (χ0) is 12.0. The molecule has 90 valence electrons. The summed E-state index contributed by atoms with van der Waals surface area (Å²) < 4.78 is 6.42. The van der Waals surface area contributed by atoms with E-state index in [4.69, 9.17) is 4.12 Å². The molecular formula is C13H24OSi2. The predicted octanol–water partition coefficient (Wildman–Crippen LogP) is 2.73. The van der Waals surface area contributed by atoms with Crippen LogP contribution in [0.25, 0.3) is 0 Å². The molecule has 0 bridgehead atoms. The van der Waals surface area contributed by atoms with E-state index in [1.807, 2.05) is 0 Å². The van der Waals surface area contributed by atoms with Crippen molar-refractivity contribution < 1.29 is 4.12 Å². The molecule has 0 aliphatic heterocycles. The monoisotopic (exact) mass is 252 g/mol. The Morgan fingerprint density at radius 2 is 1.62 bits per heavy atom. The van der Waals surface area contributed by atoms with Crippen LogP contribution in [0.2, 0.25) is 18.1 Å². The van der Waals surface area contributed by atoms with E-state index in [2.05, 4.69) is 52.0 Å². The second kappa shape index (κ2) is 6.37. The summed E-state index contributed by atoms with van der Waals surface area (Å²) in [6, 6.07) is 12.5. The first-order chi connectivity index (χ1) is 7.67. The van der Waals surface area contributed by atoms with Crippen molar-refractivity contribution >= 4 is 23.3 Å². The van der Waals surface area contributed by atoms with Gasteiger partial charge in [-0.05, 0) is 30.2 Å². The Hall–Kier alpha value is -0.386. The molecule has 0 aliphatic rings. The van der Waals surface area contributed by atoms with E-state index in [1.54, 1.807) is 0 Å². The molecule has 0 unspecified atom stereocenters. The highest BCUT2D eigenvalue weighted by molar-refractivity contribution is 6.78. The fraction of sp³-hybridized carbons (Fsp3) is 0.538. The highest BCUT2D eigenvalue weighted by atomic mass is 28.4. The first-order valence-corrected chi connectivity index (χ1v) is 10.2. The average Bonchev–Trinajstić information content (AvgIpc) is 2.34. The molecule has 0 radical (unpaired) electrons. The van der Waals surface area contributed by atoms with Gasteiger partial charge in [-0.3, -0.25) is 0 Å². The Morgan fingerprint density at radius 1 is 1.06 bits per heavy atom. The quantitative estimate of drug-likeness (QED) is 0.708. The molecule has 0 atom stereocenters. The molecular weight excluding hydrogens is 228 g/mol. The van der Waals surface area contributed by atoms with Gasteiger partial charge in [0.1, 0.15) is 0 Å². The molecule has 0 amide bonds. The second-order valence-electron chi connectivity index (χ2n) is 4.46. The lowest BCUT2D eigenvalue weighted by Crippen LogP contribution is -2.40. The third-order valence-electron chi connectivity index (χ3n) is 3.73. The lowest BCUT2D eigenvalue weighted by Gasteiger charge is -2.28. The molecule has 0 spiro atoms. The molecule has 1 aromatic carbocycles. The van der Waals surface area contributed by atoms with Gasteiger partial charge < -0.3 is 4.12 Å². The minimum atomic E-state index is -1.36. The van der Waals surface area contributed by atoms with E-state index < -0.39 is 18.1 Å². The van der Waals surface area contributed by atoms with Gasteiger partial charge in [0.2, 0.25) is 0 Å². The number of hydrogen-bond donors (Lipinski definition) is 0. The maximum atomic E-state index is 6.42. The molecule has 0 aromatic heterocycles. The Morgan fingerprint density at radius 3 is 2.12 bits per heavy atom. The fourth-order valence-corrected chi connectivity index (χ4v) is 8.43. The van der Waals surface area contributed by atoms with Crippen LogP contribution in [0.4, 0.5) is 0 Å². The van der Waals surface area contributed by atoms with Crippen molar-refractivity contribution in [3.05, 3.63) is 29.8 Å². The molecule has 3 heteroatoms. The van der Waals surface area contributed by atoms with E-state index in [0.717, 1.165) is 0 Å². The SMILES string of the molecule is CC[Si](CC)(CC)O[SiH2]c1ccccc1C. The lowest BCUT2D eigenvalue weighted by atomic mass is 10.2. The molecule has 1 rings (SSSR count). The highest BCUT2D eigenvalue weighted by Crippen LogP contribution is 2.20. The summed E-state index contributed by atoms with van der Waals surface area (Å²) in [6.07, 6.45) is 0. The van der Waals surface area contributed by atoms with E-state index in [0.29, 0.717) is 0 Å². The maximum Gasteiger partial charge on any atom is 0.179 e. The first-order valence-electron chi connectivity index (χ1n) is 6.36. The summed E-state index contributed by atoms with van der Waals surface area (Å²) in [5.41, 5.74) is 1.40. The van der Waals surface area contributed by atoms with Gasteiger partial charge in [-0.1, -0.05) is 50.6 Å². The summed E-state index contributed by atoms with van der Waals surface area (Å²) in [6.45, 7) is 9.08. The van der Waals surface area contributed by atoms with E-state index in [1.165, 1.54) is 28.9 Å². The number of benzene rings is 1. The van der Waals surface area contributed by atoms with Crippen molar-refractivity contribution in [2.75, 3.05) is 0 Å². The van der Waals surface area contributed by atoms with Crippen molar-refractivity contribution in [1.29, 1.82) is 0 Å². The fourth-order valence-electron chi connectivity index (χ4n) is 2.06. The Bertz CT molecular complexity index is 313. The summed E-state index contributed by atoms with van der Waals surface area (Å²) >= 11 is 0. The topological polar surface area (TPSA) is 9.23 Å². The summed E-state index contributed by atoms with van der Waals surface area (Å²) in [5.74, 6) is 0. The van der Waals surface area contributed by atoms with Crippen LogP contribution in [-0.4, -0.2) is 18.1 Å². The van der Waals surface area contributed by atoms with E-state index in [-0.39, 0.29) is 0 Å². The Kier molecular flexibility index (Phi) is 5.45. The van der Waals surface area contributed by atoms with Crippen LogP contribution >= 0.6 is 0 Å². The van der Waals surface area contributed by atoms with Crippen molar-refractivity contribution in [3.8, 4) is 0 Å². The summed E-state index contributed by atoms with van der Waals surface area (Å²) in [7, 11) is -1.88. The van der Waals surface area contributed by atoms with Gasteiger partial charge in [0, 0.05) is 0 Å². The van der Waals surface area contributed by atoms with Crippen LogP contribution in [-0.2, 0) is 4.12 Å². The largest absolute Gasteiger partial charge is 0.456 e. The molecule has 0 aliphatic carbocycles. The van der Waals surface area contributed by atoms with Crippen LogP contribution in [0, 0.1) is 6.92 Å². The minimum Gasteiger partial charge on any atom is -0.456 e. The number of hydrogen-bond acceptors (Lipinski definition) is 1. The first kappa shape index (κ1) is 13.7. The van der Waals surface area contributed by atoms with Crippen molar-refractivity contribution in [2.45, 2.75) is 45.8 Å². The smallest absolute Gasteiger partial charge is 0.179 e. The Balaban J connectivity index is 2.66. The third kappa shape index (κ3) is 3.30. The standard InChI is InChI=1S/C13H24OSi2/c1-5-16(6-2,7-3)14-15-13-11-9-8-10-12(13)4/h8-11H,5-7,15H2,1-4H3. The van der Waals surface area contributed by atoms with E-state index >= 15 is 0 Å². The molecule has 0 N–H and O–H groups in total. The normalized spacial score (nSPS) is 12.5. The van der Waals surface area contributed by atoms with E-state index in [9.17, 15) is 0 Å². The zero-order valence-corrected chi connectivity index (χ0v) is 13.5. The number of rotatable bonds is 6. The van der Waals surface area contributed by atoms with Gasteiger partial charge in [-0.2, -0.15) is 0 Å². The number of aryl methyl sites for hydroxylation is 1.